The van der Waals surface area contributed by atoms with Crippen molar-refractivity contribution in [3.8, 4) is 0 Å². The minimum atomic E-state index is -3.93. The van der Waals surface area contributed by atoms with Crippen molar-refractivity contribution in [2.45, 2.75) is 12.8 Å². The van der Waals surface area contributed by atoms with E-state index in [1.807, 2.05) is 0 Å². The van der Waals surface area contributed by atoms with Crippen molar-refractivity contribution in [2.75, 3.05) is 11.9 Å². The fraction of sp³-hybridized carbons (Fsp3) is 0.400. The molecule has 4 N–H and O–H groups in total. The third-order valence-corrected chi connectivity index (χ3v) is 3.61. The molecule has 0 bridgehead atoms. The lowest BCUT2D eigenvalue weighted by Crippen LogP contribution is -2.19. The predicted octanol–water partition coefficient (Wildman–Crippen LogP) is 0.254. The average molecular weight is 271 g/mol. The molecule has 1 fully saturated rings. The smallest absolute Gasteiger partial charge is 0.353 e. The van der Waals surface area contributed by atoms with Gasteiger partial charge in [0.2, 0.25) is 0 Å². The van der Waals surface area contributed by atoms with Crippen LogP contribution in [0.5, 0.6) is 0 Å². The van der Waals surface area contributed by atoms with Gasteiger partial charge in [0.15, 0.2) is 0 Å². The third-order valence-electron chi connectivity index (χ3n) is 2.77. The Morgan fingerprint density at radius 2 is 2.33 bits per heavy atom. The van der Waals surface area contributed by atoms with Gasteiger partial charge in [-0.05, 0) is 30.4 Å². The van der Waals surface area contributed by atoms with E-state index in [9.17, 15) is 9.36 Å². The first-order valence-electron chi connectivity index (χ1n) is 5.45. The highest BCUT2D eigenvalue weighted by atomic mass is 31.2. The molecule has 0 aliphatic heterocycles. The van der Waals surface area contributed by atoms with Gasteiger partial charge in [-0.3, -0.25) is 9.13 Å². The second-order valence-corrected chi connectivity index (χ2v) is 6.10. The maximum Gasteiger partial charge on any atom is 0.353 e. The number of nitrogens with two attached hydrogens (primary N) is 1. The summed E-state index contributed by atoms with van der Waals surface area (Å²) in [6, 6.07) is 1.52. The zero-order valence-electron chi connectivity index (χ0n) is 9.56. The molecule has 0 saturated heterocycles. The van der Waals surface area contributed by atoms with E-state index in [0.717, 1.165) is 12.0 Å². The number of nitrogen functional groups attached to an aromatic ring is 1. The Bertz CT molecular complexity index is 589. The predicted molar refractivity (Wildman–Crippen MR) is 66.8 cm³/mol. The van der Waals surface area contributed by atoms with Crippen LogP contribution in [0.4, 0.5) is 5.82 Å². The summed E-state index contributed by atoms with van der Waals surface area (Å²) in [5, 5.41) is 0. The van der Waals surface area contributed by atoms with Crippen molar-refractivity contribution in [1.82, 2.24) is 9.55 Å². The number of anilines is 1. The zero-order chi connectivity index (χ0) is 13.3. The Kier molecular flexibility index (Phi) is 3.38. The van der Waals surface area contributed by atoms with Crippen molar-refractivity contribution >= 4 is 19.6 Å². The molecule has 0 radical (unpaired) electrons. The van der Waals surface area contributed by atoms with Crippen LogP contribution in [-0.2, 0) is 4.57 Å². The van der Waals surface area contributed by atoms with Gasteiger partial charge in [0.25, 0.3) is 0 Å². The number of nitrogens with zero attached hydrogens (tertiary/aromatic N) is 2. The van der Waals surface area contributed by atoms with Crippen LogP contribution in [0, 0.1) is 5.92 Å². The summed E-state index contributed by atoms with van der Waals surface area (Å²) in [5.41, 5.74) is 5.91. The SMILES string of the molecule is Nc1ccn(/C=C2/CC2CCP(=O)(O)O)c(=O)n1. The maximum atomic E-state index is 11.4. The minimum Gasteiger partial charge on any atom is -0.383 e. The Balaban J connectivity index is 2.00. The van der Waals surface area contributed by atoms with Crippen LogP contribution >= 0.6 is 7.60 Å². The highest BCUT2D eigenvalue weighted by molar-refractivity contribution is 7.51. The first kappa shape index (κ1) is 13.0. The van der Waals surface area contributed by atoms with Gasteiger partial charge in [-0.15, -0.1) is 0 Å². The summed E-state index contributed by atoms with van der Waals surface area (Å²) in [5.74, 6) is 0.325. The molecule has 1 unspecified atom stereocenters. The molecule has 8 heteroatoms. The molecule has 1 aliphatic carbocycles. The standard InChI is InChI=1S/C10H14N3O4P/c11-9-1-3-13(10(14)12-9)6-8-5-7(8)2-4-18(15,16)17/h1,3,6-7H,2,4-5H2,(H2,11,12,14)(H2,15,16,17)/b8-6-. The van der Waals surface area contributed by atoms with Crippen molar-refractivity contribution < 1.29 is 14.4 Å². The lowest BCUT2D eigenvalue weighted by molar-refractivity contribution is 0.370. The summed E-state index contributed by atoms with van der Waals surface area (Å²) in [6.07, 6.45) is 4.25. The molecule has 18 heavy (non-hydrogen) atoms. The van der Waals surface area contributed by atoms with Crippen LogP contribution in [0.3, 0.4) is 0 Å². The molecule has 1 atom stereocenters. The van der Waals surface area contributed by atoms with E-state index in [-0.39, 0.29) is 17.9 Å². The fourth-order valence-corrected chi connectivity index (χ4v) is 2.35. The molecule has 7 nitrogen and oxygen atoms in total. The number of allylic oxidation sites excluding steroid dienone is 1. The Morgan fingerprint density at radius 1 is 1.61 bits per heavy atom. The number of hydrogen-bond donors (Lipinski definition) is 3. The van der Waals surface area contributed by atoms with Crippen LogP contribution in [0.1, 0.15) is 12.8 Å². The molecule has 0 aromatic carbocycles. The molecule has 1 aromatic heterocycles. The van der Waals surface area contributed by atoms with E-state index in [1.54, 1.807) is 6.20 Å². The number of hydrogen-bond acceptors (Lipinski definition) is 4. The lowest BCUT2D eigenvalue weighted by atomic mass is 10.3. The molecule has 1 aliphatic rings. The van der Waals surface area contributed by atoms with E-state index >= 15 is 0 Å². The second kappa shape index (κ2) is 4.68. The molecule has 1 aromatic rings. The molecule has 2 rings (SSSR count). The Labute approximate surface area is 103 Å². The van der Waals surface area contributed by atoms with Crippen molar-refractivity contribution in [3.05, 3.63) is 28.3 Å². The van der Waals surface area contributed by atoms with Gasteiger partial charge in [0.05, 0.1) is 6.16 Å². The van der Waals surface area contributed by atoms with Gasteiger partial charge < -0.3 is 15.5 Å². The molecular weight excluding hydrogens is 257 g/mol. The molecule has 1 saturated carbocycles. The monoisotopic (exact) mass is 271 g/mol. The highest BCUT2D eigenvalue weighted by Crippen LogP contribution is 2.45. The second-order valence-electron chi connectivity index (χ2n) is 4.32. The Morgan fingerprint density at radius 3 is 2.94 bits per heavy atom. The molecule has 1 heterocycles. The normalized spacial score (nSPS) is 21.2. The topological polar surface area (TPSA) is 118 Å². The third kappa shape index (κ3) is 3.53. The van der Waals surface area contributed by atoms with E-state index < -0.39 is 13.3 Å². The van der Waals surface area contributed by atoms with Gasteiger partial charge in [0.1, 0.15) is 5.82 Å². The lowest BCUT2D eigenvalue weighted by Gasteiger charge is -2.01. The summed E-state index contributed by atoms with van der Waals surface area (Å²) in [4.78, 5) is 32.5. The van der Waals surface area contributed by atoms with E-state index in [2.05, 4.69) is 4.98 Å². The van der Waals surface area contributed by atoms with Crippen LogP contribution in [-0.4, -0.2) is 25.5 Å². The summed E-state index contributed by atoms with van der Waals surface area (Å²) >= 11 is 0. The fourth-order valence-electron chi connectivity index (χ4n) is 1.70. The van der Waals surface area contributed by atoms with Crippen LogP contribution in [0.15, 0.2) is 22.6 Å². The first-order valence-corrected chi connectivity index (χ1v) is 7.25. The Hall–Kier alpha value is -1.43. The van der Waals surface area contributed by atoms with E-state index in [1.165, 1.54) is 16.8 Å². The minimum absolute atomic E-state index is 0.121. The van der Waals surface area contributed by atoms with Gasteiger partial charge in [-0.1, -0.05) is 0 Å². The van der Waals surface area contributed by atoms with Gasteiger partial charge in [-0.2, -0.15) is 4.98 Å². The van der Waals surface area contributed by atoms with Crippen molar-refractivity contribution in [1.29, 1.82) is 0 Å². The number of rotatable bonds is 4. The van der Waals surface area contributed by atoms with Crippen LogP contribution in [0.2, 0.25) is 0 Å². The summed E-state index contributed by atoms with van der Waals surface area (Å²) < 4.78 is 12.0. The van der Waals surface area contributed by atoms with Crippen LogP contribution in [0.25, 0.3) is 6.20 Å². The quantitative estimate of drug-likeness (QED) is 0.676. The molecule has 0 amide bonds. The zero-order valence-corrected chi connectivity index (χ0v) is 10.5. The van der Waals surface area contributed by atoms with Gasteiger partial charge in [0, 0.05) is 12.4 Å². The molecule has 0 spiro atoms. The largest absolute Gasteiger partial charge is 0.383 e. The molecule has 98 valence electrons. The van der Waals surface area contributed by atoms with E-state index in [4.69, 9.17) is 15.5 Å². The van der Waals surface area contributed by atoms with Crippen molar-refractivity contribution in [2.24, 2.45) is 5.92 Å². The highest BCUT2D eigenvalue weighted by Gasteiger charge is 2.31. The van der Waals surface area contributed by atoms with Crippen molar-refractivity contribution in [3.63, 3.8) is 0 Å². The number of aromatic nitrogens is 2. The maximum absolute atomic E-state index is 11.4. The van der Waals surface area contributed by atoms with Gasteiger partial charge >= 0.3 is 13.3 Å². The first-order chi connectivity index (χ1) is 8.35. The van der Waals surface area contributed by atoms with Gasteiger partial charge in [-0.25, -0.2) is 4.79 Å². The summed E-state index contributed by atoms with van der Waals surface area (Å²) in [6.45, 7) is 0. The molecular formula is C10H14N3O4P. The average Bonchev–Trinajstić information content (AvgIpc) is 2.97. The van der Waals surface area contributed by atoms with Crippen LogP contribution < -0.4 is 11.4 Å². The summed E-state index contributed by atoms with van der Waals surface area (Å²) in [7, 11) is -3.93. The van der Waals surface area contributed by atoms with E-state index in [0.29, 0.717) is 6.42 Å².